The van der Waals surface area contributed by atoms with E-state index in [1.807, 2.05) is 12.1 Å². The fourth-order valence-corrected chi connectivity index (χ4v) is 5.41. The van der Waals surface area contributed by atoms with Crippen molar-refractivity contribution in [2.75, 3.05) is 19.0 Å². The highest BCUT2D eigenvalue weighted by molar-refractivity contribution is 6.06. The number of carbonyl (C=O) groups excluding carboxylic acids is 3. The van der Waals surface area contributed by atoms with Crippen LogP contribution in [-0.4, -0.2) is 36.3 Å². The molecule has 1 heterocycles. The quantitative estimate of drug-likeness (QED) is 0.639. The highest BCUT2D eigenvalue weighted by Gasteiger charge is 2.66. The number of carbonyl (C=O) groups is 3. The van der Waals surface area contributed by atoms with Crippen molar-refractivity contribution in [1.29, 1.82) is 0 Å². The number of methoxy groups -OCH3 is 1. The Balaban J connectivity index is 1.25. The maximum atomic E-state index is 12.9. The van der Waals surface area contributed by atoms with Gasteiger partial charge in [0.15, 0.2) is 0 Å². The monoisotopic (exact) mass is 366 g/mol. The SMILES string of the molecule is COc1ccccc1NC(=O)CCN1C(=O)[C@@H]2[C@H]3C=C[C@@H]([C@@H]4C[C@@H]34)[C@@H]2C1=O. The molecule has 1 aromatic rings. The predicted molar refractivity (Wildman–Crippen MR) is 97.7 cm³/mol. The van der Waals surface area contributed by atoms with E-state index in [2.05, 4.69) is 17.5 Å². The van der Waals surface area contributed by atoms with Gasteiger partial charge < -0.3 is 10.1 Å². The number of nitrogens with zero attached hydrogens (tertiary/aromatic N) is 1. The number of para-hydroxylation sites is 2. The number of benzene rings is 1. The van der Waals surface area contributed by atoms with E-state index in [0.717, 1.165) is 6.42 Å². The lowest BCUT2D eigenvalue weighted by Crippen LogP contribution is -2.40. The third-order valence-corrected chi connectivity index (χ3v) is 6.70. The zero-order valence-electron chi connectivity index (χ0n) is 15.1. The van der Waals surface area contributed by atoms with E-state index in [4.69, 9.17) is 4.74 Å². The highest BCUT2D eigenvalue weighted by Crippen LogP contribution is 2.65. The Labute approximate surface area is 157 Å². The van der Waals surface area contributed by atoms with Crippen LogP contribution in [0.1, 0.15) is 12.8 Å². The zero-order chi connectivity index (χ0) is 18.7. The molecule has 1 aliphatic heterocycles. The van der Waals surface area contributed by atoms with Crippen LogP contribution in [0, 0.1) is 35.5 Å². The molecule has 6 nitrogen and oxygen atoms in total. The summed E-state index contributed by atoms with van der Waals surface area (Å²) in [5.41, 5.74) is 0.583. The lowest BCUT2D eigenvalue weighted by atomic mass is 9.63. The van der Waals surface area contributed by atoms with E-state index in [9.17, 15) is 14.4 Å². The first-order chi connectivity index (χ1) is 13.1. The number of likely N-dealkylation sites (tertiary alicyclic amines) is 1. The first kappa shape index (κ1) is 16.5. The topological polar surface area (TPSA) is 75.7 Å². The van der Waals surface area contributed by atoms with Gasteiger partial charge in [0.2, 0.25) is 17.7 Å². The molecule has 0 radical (unpaired) electrons. The standard InChI is InChI=1S/C21H22N2O4/c1-27-16-5-3-2-4-15(16)22-17(24)8-9-23-20(25)18-11-6-7-12(14-10-13(11)14)19(18)21(23)26/h2-7,11-14,18-19H,8-10H2,1H3,(H,22,24)/t11-,12-,13-,14-,18-,19+/m0/s1. The van der Waals surface area contributed by atoms with Crippen LogP contribution in [0.15, 0.2) is 36.4 Å². The average Bonchev–Trinajstić information content (AvgIpc) is 3.46. The van der Waals surface area contributed by atoms with Gasteiger partial charge in [-0.2, -0.15) is 0 Å². The van der Waals surface area contributed by atoms with Crippen LogP contribution in [0.5, 0.6) is 5.75 Å². The Kier molecular flexibility index (Phi) is 3.64. The summed E-state index contributed by atoms with van der Waals surface area (Å²) in [7, 11) is 1.54. The van der Waals surface area contributed by atoms with E-state index in [0.29, 0.717) is 23.3 Å². The minimum absolute atomic E-state index is 0.0835. The number of ether oxygens (including phenoxy) is 1. The summed E-state index contributed by atoms with van der Waals surface area (Å²) in [6.45, 7) is 0.139. The van der Waals surface area contributed by atoms with Crippen molar-refractivity contribution in [3.63, 3.8) is 0 Å². The molecule has 2 saturated carbocycles. The smallest absolute Gasteiger partial charge is 0.233 e. The van der Waals surface area contributed by atoms with Crippen molar-refractivity contribution >= 4 is 23.4 Å². The third kappa shape index (κ3) is 2.42. The van der Waals surface area contributed by atoms with Crippen molar-refractivity contribution < 1.29 is 19.1 Å². The van der Waals surface area contributed by atoms with Crippen molar-refractivity contribution in [1.82, 2.24) is 4.90 Å². The maximum absolute atomic E-state index is 12.9. The summed E-state index contributed by atoms with van der Waals surface area (Å²) in [6.07, 6.45) is 5.55. The van der Waals surface area contributed by atoms with Crippen LogP contribution in [0.3, 0.4) is 0 Å². The lowest BCUT2D eigenvalue weighted by Gasteiger charge is -2.37. The van der Waals surface area contributed by atoms with Gasteiger partial charge in [0.1, 0.15) is 5.75 Å². The van der Waals surface area contributed by atoms with E-state index < -0.39 is 0 Å². The van der Waals surface area contributed by atoms with Crippen LogP contribution < -0.4 is 10.1 Å². The van der Waals surface area contributed by atoms with Gasteiger partial charge in [-0.3, -0.25) is 19.3 Å². The molecule has 3 amide bonds. The molecular formula is C21H22N2O4. The molecule has 5 aliphatic rings. The summed E-state index contributed by atoms with van der Waals surface area (Å²) in [4.78, 5) is 39.5. The van der Waals surface area contributed by atoms with Gasteiger partial charge >= 0.3 is 0 Å². The Bertz CT molecular complexity index is 827. The molecule has 140 valence electrons. The number of imide groups is 1. The molecule has 1 saturated heterocycles. The van der Waals surface area contributed by atoms with Gasteiger partial charge in [0.25, 0.3) is 0 Å². The minimum atomic E-state index is -0.237. The number of rotatable bonds is 5. The Morgan fingerprint density at radius 2 is 1.74 bits per heavy atom. The number of anilines is 1. The number of amides is 3. The van der Waals surface area contributed by atoms with E-state index in [1.54, 1.807) is 19.2 Å². The second-order valence-electron chi connectivity index (χ2n) is 7.98. The molecule has 27 heavy (non-hydrogen) atoms. The highest BCUT2D eigenvalue weighted by atomic mass is 16.5. The molecule has 6 heteroatoms. The fraction of sp³-hybridized carbons (Fsp3) is 0.476. The van der Waals surface area contributed by atoms with E-state index in [-0.39, 0.29) is 54.4 Å². The minimum Gasteiger partial charge on any atom is -0.495 e. The van der Waals surface area contributed by atoms with Crippen molar-refractivity contribution in [3.05, 3.63) is 36.4 Å². The molecule has 1 aromatic carbocycles. The van der Waals surface area contributed by atoms with Crippen LogP contribution in [0.2, 0.25) is 0 Å². The summed E-state index contributed by atoms with van der Waals surface area (Å²) in [5.74, 6) is 1.38. The van der Waals surface area contributed by atoms with Gasteiger partial charge in [0, 0.05) is 13.0 Å². The molecule has 0 unspecified atom stereocenters. The second-order valence-corrected chi connectivity index (χ2v) is 7.98. The van der Waals surface area contributed by atoms with Gasteiger partial charge in [-0.15, -0.1) is 0 Å². The van der Waals surface area contributed by atoms with Crippen LogP contribution in [0.25, 0.3) is 0 Å². The van der Waals surface area contributed by atoms with Crippen molar-refractivity contribution in [2.24, 2.45) is 35.5 Å². The molecule has 2 bridgehead atoms. The predicted octanol–water partition coefficient (Wildman–Crippen LogP) is 2.08. The molecule has 6 rings (SSSR count). The third-order valence-electron chi connectivity index (χ3n) is 6.70. The number of allylic oxidation sites excluding steroid dienone is 2. The zero-order valence-corrected chi connectivity index (χ0v) is 15.1. The molecule has 6 atom stereocenters. The van der Waals surface area contributed by atoms with Gasteiger partial charge in [0.05, 0.1) is 24.6 Å². The molecule has 0 spiro atoms. The number of nitrogens with one attached hydrogen (secondary N) is 1. The van der Waals surface area contributed by atoms with Gasteiger partial charge in [-0.1, -0.05) is 24.3 Å². The molecule has 4 aliphatic carbocycles. The first-order valence-corrected chi connectivity index (χ1v) is 9.56. The molecule has 3 fully saturated rings. The van der Waals surface area contributed by atoms with E-state index >= 15 is 0 Å². The van der Waals surface area contributed by atoms with Gasteiger partial charge in [-0.05, 0) is 42.2 Å². The van der Waals surface area contributed by atoms with Crippen molar-refractivity contribution in [2.45, 2.75) is 12.8 Å². The van der Waals surface area contributed by atoms with Gasteiger partial charge in [-0.25, -0.2) is 0 Å². The Morgan fingerprint density at radius 3 is 2.37 bits per heavy atom. The largest absolute Gasteiger partial charge is 0.495 e. The van der Waals surface area contributed by atoms with Crippen LogP contribution in [-0.2, 0) is 14.4 Å². The van der Waals surface area contributed by atoms with Crippen molar-refractivity contribution in [3.8, 4) is 5.75 Å². The normalized spacial score (nSPS) is 35.1. The summed E-state index contributed by atoms with van der Waals surface area (Å²) in [6, 6.07) is 7.16. The summed E-state index contributed by atoms with van der Waals surface area (Å²) in [5, 5.41) is 2.80. The van der Waals surface area contributed by atoms with E-state index in [1.165, 1.54) is 4.90 Å². The summed E-state index contributed by atoms with van der Waals surface area (Å²) >= 11 is 0. The molecule has 1 N–H and O–H groups in total. The second kappa shape index (κ2) is 5.94. The Hall–Kier alpha value is -2.63. The molecule has 0 aromatic heterocycles. The van der Waals surface area contributed by atoms with Crippen LogP contribution >= 0.6 is 0 Å². The van der Waals surface area contributed by atoms with Crippen LogP contribution in [0.4, 0.5) is 5.69 Å². The maximum Gasteiger partial charge on any atom is 0.233 e. The average molecular weight is 366 g/mol. The Morgan fingerprint density at radius 1 is 1.11 bits per heavy atom. The fourth-order valence-electron chi connectivity index (χ4n) is 5.41. The lowest BCUT2D eigenvalue weighted by molar-refractivity contribution is -0.140. The number of hydrogen-bond donors (Lipinski definition) is 1. The molecular weight excluding hydrogens is 344 g/mol. The summed E-state index contributed by atoms with van der Waals surface area (Å²) < 4.78 is 5.23. The number of hydrogen-bond acceptors (Lipinski definition) is 4. The first-order valence-electron chi connectivity index (χ1n) is 9.56.